The molecule has 10 heteroatoms. The third kappa shape index (κ3) is 4.96. The van der Waals surface area contributed by atoms with Crippen LogP contribution < -0.4 is 15.2 Å². The Balaban J connectivity index is 1.62. The van der Waals surface area contributed by atoms with E-state index in [1.165, 1.54) is 19.4 Å². The molecule has 1 aliphatic heterocycles. The summed E-state index contributed by atoms with van der Waals surface area (Å²) in [6.07, 6.45) is -0.851. The average Bonchev–Trinajstić information content (AvgIpc) is 3.19. The summed E-state index contributed by atoms with van der Waals surface area (Å²) in [4.78, 5) is 30.2. The number of halogens is 3. The van der Waals surface area contributed by atoms with E-state index < -0.39 is 18.0 Å². The molecule has 2 N–H and O–H groups in total. The SMILES string of the molecule is COc1cnc(C(N)=O)c(OCC2CCCN2C(=O)C2CCC(C(F)(F)F)CC2)c1. The zero-order valence-electron chi connectivity index (χ0n) is 16.8. The van der Waals surface area contributed by atoms with Gasteiger partial charge in [0.1, 0.15) is 12.4 Å². The number of likely N-dealkylation sites (tertiary alicyclic amines) is 1. The van der Waals surface area contributed by atoms with E-state index in [9.17, 15) is 22.8 Å². The van der Waals surface area contributed by atoms with Crippen LogP contribution in [0.15, 0.2) is 12.3 Å². The number of rotatable bonds is 6. The minimum atomic E-state index is -4.19. The van der Waals surface area contributed by atoms with Crippen LogP contribution in [0.4, 0.5) is 13.2 Å². The van der Waals surface area contributed by atoms with E-state index in [-0.39, 0.29) is 61.6 Å². The van der Waals surface area contributed by atoms with Crippen LogP contribution in [-0.2, 0) is 4.79 Å². The fraction of sp³-hybridized carbons (Fsp3) is 0.650. The van der Waals surface area contributed by atoms with Crippen molar-refractivity contribution in [2.24, 2.45) is 17.6 Å². The Hall–Kier alpha value is -2.52. The second kappa shape index (κ2) is 9.09. The lowest BCUT2D eigenvalue weighted by Crippen LogP contribution is -2.44. The number of amides is 2. The number of aromatic nitrogens is 1. The standard InChI is InChI=1S/C20H26F3N3O4/c1-29-15-9-16(17(18(24)27)25-10-15)30-11-14-3-2-8-26(14)19(28)12-4-6-13(7-5-12)20(21,22)23/h9-10,12-14H,2-8,11H2,1H3,(H2,24,27). The second-order valence-corrected chi connectivity index (χ2v) is 7.81. The second-order valence-electron chi connectivity index (χ2n) is 7.81. The topological polar surface area (TPSA) is 94.8 Å². The fourth-order valence-electron chi connectivity index (χ4n) is 4.22. The predicted octanol–water partition coefficient (Wildman–Crippen LogP) is 2.93. The molecule has 2 aliphatic rings. The van der Waals surface area contributed by atoms with Crippen LogP contribution in [0, 0.1) is 11.8 Å². The van der Waals surface area contributed by atoms with Crippen LogP contribution in [0.25, 0.3) is 0 Å². The summed E-state index contributed by atoms with van der Waals surface area (Å²) in [7, 11) is 1.45. The quantitative estimate of drug-likeness (QED) is 0.750. The Morgan fingerprint density at radius 3 is 2.53 bits per heavy atom. The van der Waals surface area contributed by atoms with Crippen molar-refractivity contribution < 1.29 is 32.2 Å². The van der Waals surface area contributed by atoms with Crippen LogP contribution in [0.5, 0.6) is 11.5 Å². The highest BCUT2D eigenvalue weighted by Crippen LogP contribution is 2.40. The number of alkyl halides is 3. The Morgan fingerprint density at radius 1 is 1.23 bits per heavy atom. The summed E-state index contributed by atoms with van der Waals surface area (Å²) in [6, 6.07) is 1.29. The summed E-state index contributed by atoms with van der Waals surface area (Å²) in [6.45, 7) is 0.684. The van der Waals surface area contributed by atoms with E-state index in [0.717, 1.165) is 6.42 Å². The highest BCUT2D eigenvalue weighted by Gasteiger charge is 2.44. The Labute approximate surface area is 172 Å². The first-order valence-corrected chi connectivity index (χ1v) is 10.0. The zero-order valence-corrected chi connectivity index (χ0v) is 16.8. The lowest BCUT2D eigenvalue weighted by Gasteiger charge is -2.33. The van der Waals surface area contributed by atoms with Crippen molar-refractivity contribution in [3.8, 4) is 11.5 Å². The molecule has 166 valence electrons. The number of methoxy groups -OCH3 is 1. The van der Waals surface area contributed by atoms with Gasteiger partial charge in [0.2, 0.25) is 5.91 Å². The van der Waals surface area contributed by atoms with Gasteiger partial charge in [0, 0.05) is 18.5 Å². The highest BCUT2D eigenvalue weighted by molar-refractivity contribution is 5.93. The van der Waals surface area contributed by atoms with E-state index in [4.69, 9.17) is 15.2 Å². The van der Waals surface area contributed by atoms with Crippen molar-refractivity contribution >= 4 is 11.8 Å². The first-order valence-electron chi connectivity index (χ1n) is 10.0. The Morgan fingerprint density at radius 2 is 1.93 bits per heavy atom. The largest absolute Gasteiger partial charge is 0.495 e. The zero-order chi connectivity index (χ0) is 21.9. The van der Waals surface area contributed by atoms with Crippen molar-refractivity contribution in [1.29, 1.82) is 0 Å². The van der Waals surface area contributed by atoms with Gasteiger partial charge in [-0.05, 0) is 38.5 Å². The van der Waals surface area contributed by atoms with Gasteiger partial charge < -0.3 is 20.1 Å². The number of nitrogens with two attached hydrogens (primary N) is 1. The number of primary amides is 1. The highest BCUT2D eigenvalue weighted by atomic mass is 19.4. The minimum Gasteiger partial charge on any atom is -0.495 e. The molecule has 0 radical (unpaired) electrons. The molecule has 1 aliphatic carbocycles. The molecule has 2 heterocycles. The van der Waals surface area contributed by atoms with Gasteiger partial charge in [-0.2, -0.15) is 13.2 Å². The molecule has 1 aromatic rings. The Kier molecular flexibility index (Phi) is 6.72. The summed E-state index contributed by atoms with van der Waals surface area (Å²) in [5, 5.41) is 0. The summed E-state index contributed by atoms with van der Waals surface area (Å²) in [5.74, 6) is -1.98. The maximum atomic E-state index is 12.9. The van der Waals surface area contributed by atoms with Gasteiger partial charge in [-0.1, -0.05) is 0 Å². The van der Waals surface area contributed by atoms with E-state index >= 15 is 0 Å². The van der Waals surface area contributed by atoms with Gasteiger partial charge in [0.05, 0.1) is 25.3 Å². The number of carbonyl (C=O) groups is 2. The number of nitrogens with zero attached hydrogens (tertiary/aromatic N) is 2. The van der Waals surface area contributed by atoms with Gasteiger partial charge in [-0.15, -0.1) is 0 Å². The number of hydrogen-bond donors (Lipinski definition) is 1. The molecular weight excluding hydrogens is 403 g/mol. The van der Waals surface area contributed by atoms with Crippen molar-refractivity contribution in [1.82, 2.24) is 9.88 Å². The monoisotopic (exact) mass is 429 g/mol. The van der Waals surface area contributed by atoms with Gasteiger partial charge in [-0.25, -0.2) is 4.98 Å². The summed E-state index contributed by atoms with van der Waals surface area (Å²) in [5.41, 5.74) is 5.31. The number of pyridine rings is 1. The van der Waals surface area contributed by atoms with E-state index in [1.54, 1.807) is 4.90 Å². The van der Waals surface area contributed by atoms with Crippen LogP contribution in [0.2, 0.25) is 0 Å². The first-order chi connectivity index (χ1) is 14.2. The molecule has 1 aromatic heterocycles. The van der Waals surface area contributed by atoms with Crippen molar-refractivity contribution in [3.05, 3.63) is 18.0 Å². The molecule has 3 rings (SSSR count). The number of ether oxygens (including phenoxy) is 2. The molecule has 0 spiro atoms. The number of carbonyl (C=O) groups excluding carboxylic acids is 2. The van der Waals surface area contributed by atoms with Gasteiger partial charge in [0.15, 0.2) is 11.4 Å². The lowest BCUT2D eigenvalue weighted by atomic mass is 9.81. The molecule has 1 atom stereocenters. The van der Waals surface area contributed by atoms with Gasteiger partial charge in [-0.3, -0.25) is 9.59 Å². The predicted molar refractivity (Wildman–Crippen MR) is 101 cm³/mol. The Bertz CT molecular complexity index is 779. The minimum absolute atomic E-state index is 0.00758. The van der Waals surface area contributed by atoms with Crippen LogP contribution in [-0.4, -0.2) is 54.2 Å². The molecular formula is C20H26F3N3O4. The van der Waals surface area contributed by atoms with Crippen LogP contribution in [0.1, 0.15) is 49.0 Å². The van der Waals surface area contributed by atoms with Gasteiger partial charge >= 0.3 is 6.18 Å². The normalized spacial score (nSPS) is 24.5. The average molecular weight is 429 g/mol. The third-order valence-corrected chi connectivity index (χ3v) is 5.93. The molecule has 1 unspecified atom stereocenters. The van der Waals surface area contributed by atoms with E-state index in [0.29, 0.717) is 18.7 Å². The molecule has 2 fully saturated rings. The molecule has 2 amide bonds. The van der Waals surface area contributed by atoms with E-state index in [2.05, 4.69) is 4.98 Å². The molecule has 1 saturated carbocycles. The van der Waals surface area contributed by atoms with E-state index in [1.807, 2.05) is 0 Å². The lowest BCUT2D eigenvalue weighted by molar-refractivity contribution is -0.185. The maximum absolute atomic E-state index is 12.9. The maximum Gasteiger partial charge on any atom is 0.391 e. The van der Waals surface area contributed by atoms with Crippen molar-refractivity contribution in [2.45, 2.75) is 50.7 Å². The molecule has 0 aromatic carbocycles. The van der Waals surface area contributed by atoms with Crippen LogP contribution >= 0.6 is 0 Å². The van der Waals surface area contributed by atoms with Gasteiger partial charge in [0.25, 0.3) is 5.91 Å². The van der Waals surface area contributed by atoms with Crippen molar-refractivity contribution in [2.75, 3.05) is 20.3 Å². The molecule has 30 heavy (non-hydrogen) atoms. The van der Waals surface area contributed by atoms with Crippen LogP contribution in [0.3, 0.4) is 0 Å². The van der Waals surface area contributed by atoms with Crippen molar-refractivity contribution in [3.63, 3.8) is 0 Å². The molecule has 7 nitrogen and oxygen atoms in total. The number of hydrogen-bond acceptors (Lipinski definition) is 5. The third-order valence-electron chi connectivity index (χ3n) is 5.93. The first kappa shape index (κ1) is 22.2. The molecule has 1 saturated heterocycles. The summed E-state index contributed by atoms with van der Waals surface area (Å²) < 4.78 is 49.5. The summed E-state index contributed by atoms with van der Waals surface area (Å²) >= 11 is 0. The fourth-order valence-corrected chi connectivity index (χ4v) is 4.22. The molecule has 0 bridgehead atoms. The smallest absolute Gasteiger partial charge is 0.391 e.